The molecule has 1 aliphatic rings. The van der Waals surface area contributed by atoms with Crippen molar-refractivity contribution in [2.45, 2.75) is 32.1 Å². The molecule has 0 bridgehead atoms. The number of carbonyl (C=O) groups is 2. The lowest BCUT2D eigenvalue weighted by atomic mass is 9.97. The lowest BCUT2D eigenvalue weighted by Gasteiger charge is -2.33. The average Bonchev–Trinajstić information content (AvgIpc) is 3.15. The first-order valence-electron chi connectivity index (χ1n) is 9.66. The van der Waals surface area contributed by atoms with E-state index in [4.69, 9.17) is 0 Å². The summed E-state index contributed by atoms with van der Waals surface area (Å²) in [7, 11) is 3.46. The van der Waals surface area contributed by atoms with E-state index in [9.17, 15) is 9.59 Å². The summed E-state index contributed by atoms with van der Waals surface area (Å²) in [6.45, 7) is 1.15. The Morgan fingerprint density at radius 2 is 2.00 bits per heavy atom. The smallest absolute Gasteiger partial charge is 0.319 e. The Morgan fingerprint density at radius 1 is 1.21 bits per heavy atom. The summed E-state index contributed by atoms with van der Waals surface area (Å²) in [5, 5.41) is 12.7. The van der Waals surface area contributed by atoms with E-state index in [0.29, 0.717) is 18.2 Å². The van der Waals surface area contributed by atoms with Gasteiger partial charge in [-0.05, 0) is 31.2 Å². The highest BCUT2D eigenvalue weighted by atomic mass is 32.1. The molecule has 8 heteroatoms. The third-order valence-corrected chi connectivity index (χ3v) is 5.74. The van der Waals surface area contributed by atoms with Gasteiger partial charge in [0.25, 0.3) is 0 Å². The van der Waals surface area contributed by atoms with Crippen LogP contribution in [0.3, 0.4) is 0 Å². The zero-order valence-corrected chi connectivity index (χ0v) is 17.2. The Morgan fingerprint density at radius 3 is 2.75 bits per heavy atom. The van der Waals surface area contributed by atoms with Crippen LogP contribution in [0, 0.1) is 5.92 Å². The molecule has 1 fully saturated rings. The fourth-order valence-electron chi connectivity index (χ4n) is 3.35. The predicted molar refractivity (Wildman–Crippen MR) is 110 cm³/mol. The maximum absolute atomic E-state index is 12.6. The van der Waals surface area contributed by atoms with Crippen LogP contribution in [0.25, 0.3) is 0 Å². The SMILES string of the molecule is CN(C)C(=O)N1CCC[C@@H](C(=O)Nc2nnc(CCCc3ccccc3)s2)C1. The molecule has 1 aliphatic heterocycles. The molecule has 0 spiro atoms. The quantitative estimate of drug-likeness (QED) is 0.807. The Labute approximate surface area is 169 Å². The van der Waals surface area contributed by atoms with Gasteiger partial charge >= 0.3 is 6.03 Å². The fourth-order valence-corrected chi connectivity index (χ4v) is 4.13. The molecule has 0 radical (unpaired) electrons. The minimum atomic E-state index is -0.205. The first-order chi connectivity index (χ1) is 13.5. The van der Waals surface area contributed by atoms with Gasteiger partial charge in [-0.15, -0.1) is 10.2 Å². The molecule has 3 amide bonds. The number of aromatic nitrogens is 2. The first-order valence-corrected chi connectivity index (χ1v) is 10.5. The average molecular weight is 402 g/mol. The van der Waals surface area contributed by atoms with E-state index in [2.05, 4.69) is 27.6 Å². The summed E-state index contributed by atoms with van der Waals surface area (Å²) < 4.78 is 0. The molecule has 1 aromatic carbocycles. The normalized spacial score (nSPS) is 16.6. The molecule has 0 aliphatic carbocycles. The number of rotatable bonds is 6. The van der Waals surface area contributed by atoms with Gasteiger partial charge in [0.2, 0.25) is 11.0 Å². The Hall–Kier alpha value is -2.48. The van der Waals surface area contributed by atoms with E-state index in [0.717, 1.165) is 37.1 Å². The highest BCUT2D eigenvalue weighted by Crippen LogP contribution is 2.22. The van der Waals surface area contributed by atoms with Gasteiger partial charge in [0, 0.05) is 33.6 Å². The van der Waals surface area contributed by atoms with E-state index in [1.54, 1.807) is 23.9 Å². The number of hydrogen-bond donors (Lipinski definition) is 1. The minimum Gasteiger partial charge on any atom is -0.331 e. The lowest BCUT2D eigenvalue weighted by molar-refractivity contribution is -0.121. The number of hydrogen-bond acceptors (Lipinski definition) is 5. The van der Waals surface area contributed by atoms with Crippen LogP contribution in [0.4, 0.5) is 9.93 Å². The van der Waals surface area contributed by atoms with Crippen molar-refractivity contribution in [3.05, 3.63) is 40.9 Å². The highest BCUT2D eigenvalue weighted by Gasteiger charge is 2.29. The molecule has 1 atom stereocenters. The summed E-state index contributed by atoms with van der Waals surface area (Å²) in [5.74, 6) is -0.286. The molecule has 2 aromatic rings. The van der Waals surface area contributed by atoms with Gasteiger partial charge in [-0.1, -0.05) is 41.7 Å². The van der Waals surface area contributed by atoms with Gasteiger partial charge in [0.15, 0.2) is 0 Å². The fraction of sp³-hybridized carbons (Fsp3) is 0.500. The zero-order chi connectivity index (χ0) is 19.9. The molecule has 0 saturated carbocycles. The van der Waals surface area contributed by atoms with E-state index >= 15 is 0 Å². The third kappa shape index (κ3) is 5.51. The molecule has 1 aromatic heterocycles. The van der Waals surface area contributed by atoms with Gasteiger partial charge in [-0.3, -0.25) is 4.79 Å². The van der Waals surface area contributed by atoms with Crippen LogP contribution in [0.2, 0.25) is 0 Å². The first kappa shape index (κ1) is 20.3. The van der Waals surface area contributed by atoms with Crippen LogP contribution >= 0.6 is 11.3 Å². The van der Waals surface area contributed by atoms with Gasteiger partial charge in [-0.25, -0.2) is 4.79 Å². The molecular weight excluding hydrogens is 374 g/mol. The number of anilines is 1. The van der Waals surface area contributed by atoms with Gasteiger partial charge < -0.3 is 15.1 Å². The number of nitrogens with one attached hydrogen (secondary N) is 1. The second-order valence-corrected chi connectivity index (χ2v) is 8.35. The van der Waals surface area contributed by atoms with Crippen molar-refractivity contribution < 1.29 is 9.59 Å². The van der Waals surface area contributed by atoms with Crippen molar-refractivity contribution in [2.75, 3.05) is 32.5 Å². The van der Waals surface area contributed by atoms with Crippen molar-refractivity contribution in [3.63, 3.8) is 0 Å². The third-order valence-electron chi connectivity index (χ3n) is 4.84. The number of carbonyl (C=O) groups excluding carboxylic acids is 2. The van der Waals surface area contributed by atoms with Crippen molar-refractivity contribution in [1.82, 2.24) is 20.0 Å². The number of likely N-dealkylation sites (tertiary alicyclic amines) is 1. The van der Waals surface area contributed by atoms with E-state index in [1.165, 1.54) is 16.9 Å². The number of benzene rings is 1. The Balaban J connectivity index is 1.47. The highest BCUT2D eigenvalue weighted by molar-refractivity contribution is 7.15. The summed E-state index contributed by atoms with van der Waals surface area (Å²) >= 11 is 1.43. The van der Waals surface area contributed by atoms with Gasteiger partial charge in [0.1, 0.15) is 5.01 Å². The van der Waals surface area contributed by atoms with Crippen LogP contribution in [0.1, 0.15) is 29.8 Å². The molecule has 28 heavy (non-hydrogen) atoms. The van der Waals surface area contributed by atoms with E-state index in [-0.39, 0.29) is 17.9 Å². The number of nitrogens with zero attached hydrogens (tertiary/aromatic N) is 4. The Bertz CT molecular complexity index is 793. The van der Waals surface area contributed by atoms with Crippen molar-refractivity contribution in [3.8, 4) is 0 Å². The summed E-state index contributed by atoms with van der Waals surface area (Å²) in [4.78, 5) is 28.0. The van der Waals surface area contributed by atoms with Crippen LogP contribution in [0.5, 0.6) is 0 Å². The van der Waals surface area contributed by atoms with Gasteiger partial charge in [-0.2, -0.15) is 0 Å². The molecule has 7 nitrogen and oxygen atoms in total. The number of urea groups is 1. The summed E-state index contributed by atoms with van der Waals surface area (Å²) in [5.41, 5.74) is 1.31. The molecule has 3 rings (SSSR count). The second kappa shape index (κ2) is 9.64. The largest absolute Gasteiger partial charge is 0.331 e. The molecule has 1 N–H and O–H groups in total. The maximum Gasteiger partial charge on any atom is 0.319 e. The van der Waals surface area contributed by atoms with Crippen LogP contribution < -0.4 is 5.32 Å². The number of aryl methyl sites for hydroxylation is 2. The van der Waals surface area contributed by atoms with Crippen LogP contribution in [-0.2, 0) is 17.6 Å². The second-order valence-electron chi connectivity index (χ2n) is 7.29. The number of piperidine rings is 1. The van der Waals surface area contributed by atoms with E-state index in [1.807, 2.05) is 18.2 Å². The molecular formula is C20H27N5O2S. The molecule has 150 valence electrons. The van der Waals surface area contributed by atoms with Crippen molar-refractivity contribution in [1.29, 1.82) is 0 Å². The Kier molecular flexibility index (Phi) is 6.97. The topological polar surface area (TPSA) is 78.4 Å². The molecule has 1 saturated heterocycles. The molecule has 0 unspecified atom stereocenters. The summed E-state index contributed by atoms with van der Waals surface area (Å²) in [6.07, 6.45) is 4.46. The zero-order valence-electron chi connectivity index (χ0n) is 16.4. The van der Waals surface area contributed by atoms with Crippen LogP contribution in [0.15, 0.2) is 30.3 Å². The standard InChI is InChI=1S/C20H27N5O2S/c1-24(2)20(27)25-13-7-11-16(14-25)18(26)21-19-23-22-17(28-19)12-6-10-15-8-4-3-5-9-15/h3-5,8-9,16H,6-7,10-14H2,1-2H3,(H,21,23,26)/t16-/m1/s1. The lowest BCUT2D eigenvalue weighted by Crippen LogP contribution is -2.47. The van der Waals surface area contributed by atoms with Crippen molar-refractivity contribution >= 4 is 28.4 Å². The van der Waals surface area contributed by atoms with Gasteiger partial charge in [0.05, 0.1) is 5.92 Å². The maximum atomic E-state index is 12.6. The van der Waals surface area contributed by atoms with E-state index < -0.39 is 0 Å². The minimum absolute atomic E-state index is 0.0471. The number of amides is 3. The van der Waals surface area contributed by atoms with Crippen LogP contribution in [-0.4, -0.2) is 59.1 Å². The summed E-state index contributed by atoms with van der Waals surface area (Å²) in [6, 6.07) is 10.3. The molecule has 2 heterocycles. The van der Waals surface area contributed by atoms with Crippen molar-refractivity contribution in [2.24, 2.45) is 5.92 Å². The predicted octanol–water partition coefficient (Wildman–Crippen LogP) is 3.05. The monoisotopic (exact) mass is 401 g/mol.